The predicted molar refractivity (Wildman–Crippen MR) is 81.0 cm³/mol. The van der Waals surface area contributed by atoms with Gasteiger partial charge in [0.2, 0.25) is 0 Å². The Bertz CT molecular complexity index is 520. The third kappa shape index (κ3) is 3.66. The van der Waals surface area contributed by atoms with Gasteiger partial charge in [-0.25, -0.2) is 0 Å². The van der Waals surface area contributed by atoms with Crippen LogP contribution >= 0.6 is 0 Å². The molecule has 100 valence electrons. The van der Waals surface area contributed by atoms with Gasteiger partial charge < -0.3 is 11.1 Å². The Morgan fingerprint density at radius 2 is 1.79 bits per heavy atom. The minimum atomic E-state index is 0.208. The van der Waals surface area contributed by atoms with Crippen molar-refractivity contribution < 1.29 is 0 Å². The molecule has 1 unspecified atom stereocenters. The van der Waals surface area contributed by atoms with Crippen LogP contribution < -0.4 is 11.1 Å². The molecular weight excluding hydrogens is 232 g/mol. The molecule has 0 saturated carbocycles. The van der Waals surface area contributed by atoms with E-state index in [1.165, 1.54) is 22.3 Å². The van der Waals surface area contributed by atoms with Crippen LogP contribution in [0.5, 0.6) is 0 Å². The van der Waals surface area contributed by atoms with Crippen molar-refractivity contribution in [2.75, 3.05) is 6.54 Å². The molecule has 2 nitrogen and oxygen atoms in total. The number of benzene rings is 2. The van der Waals surface area contributed by atoms with E-state index in [-0.39, 0.29) is 6.04 Å². The van der Waals surface area contributed by atoms with Crippen molar-refractivity contribution >= 4 is 0 Å². The van der Waals surface area contributed by atoms with Crippen molar-refractivity contribution in [1.82, 2.24) is 5.32 Å². The standard InChI is InChI=1S/C17H22N2/c1-13-8-9-14(2)16(10-13)17(11-18)19-12-15-6-4-3-5-7-15/h3-10,17,19H,11-12,18H2,1-2H3. The molecule has 1 atom stereocenters. The SMILES string of the molecule is Cc1ccc(C)c(C(CN)NCc2ccccc2)c1. The Labute approximate surface area is 115 Å². The molecule has 0 saturated heterocycles. The summed E-state index contributed by atoms with van der Waals surface area (Å²) in [6.45, 7) is 5.71. The van der Waals surface area contributed by atoms with Gasteiger partial charge in [-0.2, -0.15) is 0 Å². The average Bonchev–Trinajstić information content (AvgIpc) is 2.44. The molecule has 2 heteroatoms. The highest BCUT2D eigenvalue weighted by atomic mass is 14.9. The van der Waals surface area contributed by atoms with Crippen LogP contribution in [-0.4, -0.2) is 6.54 Å². The van der Waals surface area contributed by atoms with Crippen molar-refractivity contribution in [3.05, 3.63) is 70.8 Å². The first-order chi connectivity index (χ1) is 9.20. The van der Waals surface area contributed by atoms with Crippen molar-refractivity contribution in [2.24, 2.45) is 5.73 Å². The highest BCUT2D eigenvalue weighted by molar-refractivity contribution is 5.33. The van der Waals surface area contributed by atoms with E-state index in [1.54, 1.807) is 0 Å². The molecule has 2 rings (SSSR count). The summed E-state index contributed by atoms with van der Waals surface area (Å²) < 4.78 is 0. The molecule has 0 fully saturated rings. The van der Waals surface area contributed by atoms with Crippen LogP contribution in [0.4, 0.5) is 0 Å². The molecule has 3 N–H and O–H groups in total. The molecule has 0 aromatic heterocycles. The van der Waals surface area contributed by atoms with Gasteiger partial charge in [-0.1, -0.05) is 54.1 Å². The van der Waals surface area contributed by atoms with Gasteiger partial charge in [-0.15, -0.1) is 0 Å². The first kappa shape index (κ1) is 13.8. The third-order valence-electron chi connectivity index (χ3n) is 3.44. The summed E-state index contributed by atoms with van der Waals surface area (Å²) in [6.07, 6.45) is 0. The smallest absolute Gasteiger partial charge is 0.0449 e. The van der Waals surface area contributed by atoms with E-state index in [4.69, 9.17) is 5.73 Å². The number of nitrogens with two attached hydrogens (primary N) is 1. The monoisotopic (exact) mass is 254 g/mol. The Morgan fingerprint density at radius 1 is 1.05 bits per heavy atom. The van der Waals surface area contributed by atoms with E-state index < -0.39 is 0 Å². The first-order valence-electron chi connectivity index (χ1n) is 6.75. The number of hydrogen-bond acceptors (Lipinski definition) is 2. The number of nitrogens with one attached hydrogen (secondary N) is 1. The van der Waals surface area contributed by atoms with E-state index >= 15 is 0 Å². The lowest BCUT2D eigenvalue weighted by molar-refractivity contribution is 0.539. The second-order valence-electron chi connectivity index (χ2n) is 5.01. The van der Waals surface area contributed by atoms with E-state index in [0.717, 1.165) is 6.54 Å². The summed E-state index contributed by atoms with van der Waals surface area (Å²) >= 11 is 0. The summed E-state index contributed by atoms with van der Waals surface area (Å²) in [4.78, 5) is 0. The summed E-state index contributed by atoms with van der Waals surface area (Å²) in [7, 11) is 0. The van der Waals surface area contributed by atoms with Crippen LogP contribution in [0.2, 0.25) is 0 Å². The molecule has 19 heavy (non-hydrogen) atoms. The molecule has 0 radical (unpaired) electrons. The van der Waals surface area contributed by atoms with E-state index in [1.807, 2.05) is 6.07 Å². The zero-order valence-corrected chi connectivity index (χ0v) is 11.7. The van der Waals surface area contributed by atoms with Gasteiger partial charge in [0, 0.05) is 19.1 Å². The zero-order chi connectivity index (χ0) is 13.7. The molecule has 0 aliphatic carbocycles. The molecule has 2 aromatic rings. The minimum Gasteiger partial charge on any atom is -0.329 e. The van der Waals surface area contributed by atoms with Crippen LogP contribution in [0.3, 0.4) is 0 Å². The second kappa shape index (κ2) is 6.50. The fourth-order valence-corrected chi connectivity index (χ4v) is 2.29. The lowest BCUT2D eigenvalue weighted by atomic mass is 9.98. The quantitative estimate of drug-likeness (QED) is 0.860. The minimum absolute atomic E-state index is 0.208. The van der Waals surface area contributed by atoms with Crippen molar-refractivity contribution in [2.45, 2.75) is 26.4 Å². The van der Waals surface area contributed by atoms with Gasteiger partial charge in [0.25, 0.3) is 0 Å². The fraction of sp³-hybridized carbons (Fsp3) is 0.294. The number of rotatable bonds is 5. The normalized spacial score (nSPS) is 12.4. The van der Waals surface area contributed by atoms with Crippen LogP contribution in [0, 0.1) is 13.8 Å². The van der Waals surface area contributed by atoms with Crippen molar-refractivity contribution in [3.8, 4) is 0 Å². The molecule has 0 bridgehead atoms. The fourth-order valence-electron chi connectivity index (χ4n) is 2.29. The largest absolute Gasteiger partial charge is 0.329 e. The van der Waals surface area contributed by atoms with Crippen LogP contribution in [-0.2, 0) is 6.54 Å². The highest BCUT2D eigenvalue weighted by Gasteiger charge is 2.11. The maximum atomic E-state index is 5.93. The maximum Gasteiger partial charge on any atom is 0.0449 e. The first-order valence-corrected chi connectivity index (χ1v) is 6.75. The van der Waals surface area contributed by atoms with Crippen molar-refractivity contribution in [3.63, 3.8) is 0 Å². The van der Waals surface area contributed by atoms with E-state index in [0.29, 0.717) is 6.54 Å². The van der Waals surface area contributed by atoms with Gasteiger partial charge in [0.1, 0.15) is 0 Å². The Hall–Kier alpha value is -1.64. The summed E-state index contributed by atoms with van der Waals surface area (Å²) in [5.41, 5.74) is 11.1. The van der Waals surface area contributed by atoms with Crippen LogP contribution in [0.25, 0.3) is 0 Å². The topological polar surface area (TPSA) is 38.0 Å². The predicted octanol–water partition coefficient (Wildman–Crippen LogP) is 3.09. The van der Waals surface area contributed by atoms with Gasteiger partial charge in [-0.05, 0) is 30.5 Å². The maximum absolute atomic E-state index is 5.93. The van der Waals surface area contributed by atoms with Crippen molar-refractivity contribution in [1.29, 1.82) is 0 Å². The molecule has 0 amide bonds. The molecular formula is C17H22N2. The number of aryl methyl sites for hydroxylation is 2. The summed E-state index contributed by atoms with van der Waals surface area (Å²) in [6, 6.07) is 17.2. The number of hydrogen-bond donors (Lipinski definition) is 2. The van der Waals surface area contributed by atoms with E-state index in [2.05, 4.69) is 61.6 Å². The molecule has 0 spiro atoms. The van der Waals surface area contributed by atoms with Gasteiger partial charge in [-0.3, -0.25) is 0 Å². The lowest BCUT2D eigenvalue weighted by Gasteiger charge is -2.20. The Morgan fingerprint density at radius 3 is 2.47 bits per heavy atom. The Kier molecular flexibility index (Phi) is 4.72. The second-order valence-corrected chi connectivity index (χ2v) is 5.01. The van der Waals surface area contributed by atoms with Crippen LogP contribution in [0.1, 0.15) is 28.3 Å². The molecule has 2 aromatic carbocycles. The summed E-state index contributed by atoms with van der Waals surface area (Å²) in [5.74, 6) is 0. The van der Waals surface area contributed by atoms with Gasteiger partial charge in [0.05, 0.1) is 0 Å². The molecule has 0 heterocycles. The average molecular weight is 254 g/mol. The zero-order valence-electron chi connectivity index (χ0n) is 11.7. The summed E-state index contributed by atoms with van der Waals surface area (Å²) in [5, 5.41) is 3.55. The molecule has 0 aliphatic rings. The highest BCUT2D eigenvalue weighted by Crippen LogP contribution is 2.19. The van der Waals surface area contributed by atoms with Crippen LogP contribution in [0.15, 0.2) is 48.5 Å². The van der Waals surface area contributed by atoms with Gasteiger partial charge >= 0.3 is 0 Å². The van der Waals surface area contributed by atoms with E-state index in [9.17, 15) is 0 Å². The Balaban J connectivity index is 2.10. The lowest BCUT2D eigenvalue weighted by Crippen LogP contribution is -2.28. The van der Waals surface area contributed by atoms with Gasteiger partial charge in [0.15, 0.2) is 0 Å². The molecule has 0 aliphatic heterocycles. The third-order valence-corrected chi connectivity index (χ3v) is 3.44.